The first-order chi connectivity index (χ1) is 11.2. The number of carbonyl (C=O) groups excluding carboxylic acids is 1. The van der Waals surface area contributed by atoms with E-state index < -0.39 is 0 Å². The van der Waals surface area contributed by atoms with Crippen LogP contribution in [0.5, 0.6) is 5.75 Å². The van der Waals surface area contributed by atoms with Crippen molar-refractivity contribution >= 4 is 6.03 Å². The van der Waals surface area contributed by atoms with Crippen molar-refractivity contribution in [2.75, 3.05) is 32.8 Å². The van der Waals surface area contributed by atoms with E-state index in [0.29, 0.717) is 25.4 Å². The number of fused-ring (bicyclic) bond motifs is 1. The van der Waals surface area contributed by atoms with Gasteiger partial charge in [0.2, 0.25) is 0 Å². The van der Waals surface area contributed by atoms with Crippen molar-refractivity contribution in [2.24, 2.45) is 0 Å². The Bertz CT molecular complexity index is 567. The summed E-state index contributed by atoms with van der Waals surface area (Å²) < 4.78 is 19.0. The van der Waals surface area contributed by atoms with Crippen molar-refractivity contribution in [1.29, 1.82) is 0 Å². The quantitative estimate of drug-likeness (QED) is 0.908. The Hall–Kier alpha value is -1.82. The summed E-state index contributed by atoms with van der Waals surface area (Å²) in [6, 6.07) is 4.56. The summed E-state index contributed by atoms with van der Waals surface area (Å²) in [5.41, 5.74) is 0.719. The molecule has 3 rings (SSSR count). The number of rotatable bonds is 2. The first kappa shape index (κ1) is 16.1. The van der Waals surface area contributed by atoms with Crippen LogP contribution in [0.15, 0.2) is 18.2 Å². The van der Waals surface area contributed by atoms with Gasteiger partial charge in [-0.05, 0) is 44.1 Å². The van der Waals surface area contributed by atoms with E-state index in [0.717, 1.165) is 38.0 Å². The van der Waals surface area contributed by atoms with Crippen LogP contribution in [-0.2, 0) is 6.54 Å². The largest absolute Gasteiger partial charge is 0.491 e. The molecule has 2 amide bonds. The Morgan fingerprint density at radius 3 is 3.13 bits per heavy atom. The summed E-state index contributed by atoms with van der Waals surface area (Å²) in [5, 5.41) is 3.12. The number of halogens is 1. The number of nitrogens with zero attached hydrogens (tertiary/aromatic N) is 2. The number of ether oxygens (including phenoxy) is 1. The molecule has 2 aliphatic rings. The van der Waals surface area contributed by atoms with Gasteiger partial charge in [-0.2, -0.15) is 0 Å². The number of nitrogens with one attached hydrogen (secondary N) is 1. The number of piperidine rings is 1. The molecule has 2 aliphatic heterocycles. The molecular weight excluding hydrogens is 297 g/mol. The Morgan fingerprint density at radius 1 is 1.43 bits per heavy atom. The maximum atomic E-state index is 13.4. The van der Waals surface area contributed by atoms with Gasteiger partial charge >= 0.3 is 6.03 Å². The van der Waals surface area contributed by atoms with Gasteiger partial charge in [0, 0.05) is 18.2 Å². The summed E-state index contributed by atoms with van der Waals surface area (Å²) in [4.78, 5) is 16.6. The van der Waals surface area contributed by atoms with Crippen molar-refractivity contribution < 1.29 is 13.9 Å². The first-order valence-corrected chi connectivity index (χ1v) is 8.34. The zero-order valence-corrected chi connectivity index (χ0v) is 13.6. The van der Waals surface area contributed by atoms with Crippen LogP contribution >= 0.6 is 0 Å². The number of hydrogen-bond donors (Lipinski definition) is 1. The van der Waals surface area contributed by atoms with Crippen LogP contribution < -0.4 is 10.1 Å². The van der Waals surface area contributed by atoms with Crippen molar-refractivity contribution in [3.8, 4) is 5.75 Å². The van der Waals surface area contributed by atoms with Gasteiger partial charge in [-0.3, -0.25) is 0 Å². The average Bonchev–Trinajstić information content (AvgIpc) is 2.77. The fourth-order valence-corrected chi connectivity index (χ4v) is 3.26. The molecule has 0 aliphatic carbocycles. The minimum atomic E-state index is -0.305. The fourth-order valence-electron chi connectivity index (χ4n) is 3.26. The lowest BCUT2D eigenvalue weighted by Gasteiger charge is -2.33. The molecule has 126 valence electrons. The van der Waals surface area contributed by atoms with E-state index >= 15 is 0 Å². The number of amides is 2. The second kappa shape index (κ2) is 7.17. The minimum Gasteiger partial charge on any atom is -0.491 e. The Morgan fingerprint density at radius 2 is 2.30 bits per heavy atom. The van der Waals surface area contributed by atoms with Crippen LogP contribution in [0.4, 0.5) is 9.18 Å². The molecular formula is C17H24FN3O2. The first-order valence-electron chi connectivity index (χ1n) is 8.34. The van der Waals surface area contributed by atoms with Crippen molar-refractivity contribution in [1.82, 2.24) is 15.1 Å². The molecule has 6 heteroatoms. The van der Waals surface area contributed by atoms with Gasteiger partial charge in [-0.1, -0.05) is 6.92 Å². The monoisotopic (exact) mass is 321 g/mol. The highest BCUT2D eigenvalue weighted by molar-refractivity contribution is 5.74. The van der Waals surface area contributed by atoms with Crippen molar-refractivity contribution in [3.05, 3.63) is 29.6 Å². The SMILES string of the molecule is CCN1CCC[C@@H](NC(=O)N2CCOc3ccc(F)cc3C2)C1. The molecule has 0 unspecified atom stereocenters. The van der Waals surface area contributed by atoms with E-state index in [4.69, 9.17) is 4.74 Å². The van der Waals surface area contributed by atoms with Gasteiger partial charge in [0.1, 0.15) is 18.2 Å². The highest BCUT2D eigenvalue weighted by Gasteiger charge is 2.25. The third-order valence-electron chi connectivity index (χ3n) is 4.57. The zero-order valence-electron chi connectivity index (χ0n) is 13.6. The Kier molecular flexibility index (Phi) is 5.00. The maximum Gasteiger partial charge on any atom is 0.318 e. The van der Waals surface area contributed by atoms with E-state index in [1.54, 1.807) is 11.0 Å². The van der Waals surface area contributed by atoms with Crippen molar-refractivity contribution in [3.63, 3.8) is 0 Å². The highest BCUT2D eigenvalue weighted by atomic mass is 19.1. The molecule has 1 aromatic carbocycles. The molecule has 0 bridgehead atoms. The van der Waals surface area contributed by atoms with Crippen LogP contribution in [0, 0.1) is 5.82 Å². The average molecular weight is 321 g/mol. The Balaban J connectivity index is 1.63. The van der Waals surface area contributed by atoms with E-state index in [-0.39, 0.29) is 17.9 Å². The van der Waals surface area contributed by atoms with Gasteiger partial charge in [0.15, 0.2) is 0 Å². The van der Waals surface area contributed by atoms with Crippen LogP contribution in [0.25, 0.3) is 0 Å². The Labute approximate surface area is 136 Å². The minimum absolute atomic E-state index is 0.0892. The molecule has 0 spiro atoms. The summed E-state index contributed by atoms with van der Waals surface area (Å²) in [7, 11) is 0. The molecule has 0 aromatic heterocycles. The second-order valence-electron chi connectivity index (χ2n) is 6.20. The molecule has 2 heterocycles. The lowest BCUT2D eigenvalue weighted by Crippen LogP contribution is -2.51. The van der Waals surface area contributed by atoms with E-state index in [2.05, 4.69) is 17.1 Å². The second-order valence-corrected chi connectivity index (χ2v) is 6.20. The normalized spacial score (nSPS) is 22.0. The standard InChI is InChI=1S/C17H24FN3O2/c1-2-20-7-3-4-15(12-20)19-17(22)21-8-9-23-16-6-5-14(18)10-13(16)11-21/h5-6,10,15H,2-4,7-9,11-12H2,1H3,(H,19,22)/t15-/m1/s1. The lowest BCUT2D eigenvalue weighted by atomic mass is 10.1. The van der Waals surface area contributed by atoms with Gasteiger partial charge in [-0.25, -0.2) is 9.18 Å². The highest BCUT2D eigenvalue weighted by Crippen LogP contribution is 2.24. The van der Waals surface area contributed by atoms with E-state index in [1.165, 1.54) is 12.1 Å². The molecule has 1 atom stereocenters. The molecule has 0 saturated carbocycles. The van der Waals surface area contributed by atoms with Crippen LogP contribution in [0.2, 0.25) is 0 Å². The van der Waals surface area contributed by atoms with E-state index in [9.17, 15) is 9.18 Å². The smallest absolute Gasteiger partial charge is 0.318 e. The number of likely N-dealkylation sites (tertiary alicyclic amines) is 1. The van der Waals surface area contributed by atoms with Gasteiger partial charge in [-0.15, -0.1) is 0 Å². The number of likely N-dealkylation sites (N-methyl/N-ethyl adjacent to an activating group) is 1. The molecule has 1 N–H and O–H groups in total. The summed E-state index contributed by atoms with van der Waals surface area (Å²) >= 11 is 0. The fraction of sp³-hybridized carbons (Fsp3) is 0.588. The van der Waals surface area contributed by atoms with Gasteiger partial charge in [0.25, 0.3) is 0 Å². The molecule has 1 fully saturated rings. The number of hydrogen-bond acceptors (Lipinski definition) is 3. The van der Waals surface area contributed by atoms with Crippen LogP contribution in [0.1, 0.15) is 25.3 Å². The summed E-state index contributed by atoms with van der Waals surface area (Å²) in [5.74, 6) is 0.358. The number of benzene rings is 1. The van der Waals surface area contributed by atoms with E-state index in [1.807, 2.05) is 0 Å². The molecule has 0 radical (unpaired) electrons. The summed E-state index contributed by atoms with van der Waals surface area (Å²) in [6.45, 7) is 6.47. The molecule has 1 saturated heterocycles. The lowest BCUT2D eigenvalue weighted by molar-refractivity contribution is 0.164. The van der Waals surface area contributed by atoms with Gasteiger partial charge < -0.3 is 19.9 Å². The number of carbonyl (C=O) groups is 1. The molecule has 23 heavy (non-hydrogen) atoms. The molecule has 5 nitrogen and oxygen atoms in total. The van der Waals surface area contributed by atoms with Gasteiger partial charge in [0.05, 0.1) is 13.1 Å². The van der Waals surface area contributed by atoms with Crippen molar-refractivity contribution in [2.45, 2.75) is 32.4 Å². The maximum absolute atomic E-state index is 13.4. The predicted octanol–water partition coefficient (Wildman–Crippen LogP) is 2.21. The zero-order chi connectivity index (χ0) is 16.2. The third-order valence-corrected chi connectivity index (χ3v) is 4.57. The van der Waals surface area contributed by atoms with Crippen LogP contribution in [-0.4, -0.2) is 54.7 Å². The van der Waals surface area contributed by atoms with Crippen LogP contribution in [0.3, 0.4) is 0 Å². The number of urea groups is 1. The topological polar surface area (TPSA) is 44.8 Å². The molecule has 1 aromatic rings. The third kappa shape index (κ3) is 3.93. The summed E-state index contributed by atoms with van der Waals surface area (Å²) in [6.07, 6.45) is 2.12. The predicted molar refractivity (Wildman–Crippen MR) is 86.0 cm³/mol.